The number of hydrazone groups is 1. The highest BCUT2D eigenvalue weighted by Gasteiger charge is 2.33. The van der Waals surface area contributed by atoms with Crippen LogP contribution in [0.1, 0.15) is 30.5 Å². The van der Waals surface area contributed by atoms with E-state index in [0.717, 1.165) is 5.56 Å². The zero-order valence-electron chi connectivity index (χ0n) is 14.7. The molecule has 1 heterocycles. The summed E-state index contributed by atoms with van der Waals surface area (Å²) in [6.07, 6.45) is 0.447. The molecule has 0 aliphatic carbocycles. The molecule has 3 rings (SSSR count). The Kier molecular flexibility index (Phi) is 5.04. The molecule has 0 radical (unpaired) electrons. The second-order valence-electron chi connectivity index (χ2n) is 5.91. The Morgan fingerprint density at radius 2 is 1.92 bits per heavy atom. The number of ether oxygens (including phenoxy) is 2. The van der Waals surface area contributed by atoms with Crippen molar-refractivity contribution in [1.82, 2.24) is 5.01 Å². The molecule has 6 nitrogen and oxygen atoms in total. The Morgan fingerprint density at radius 3 is 2.58 bits per heavy atom. The third-order valence-electron chi connectivity index (χ3n) is 4.29. The number of rotatable bonds is 4. The van der Waals surface area contributed by atoms with Gasteiger partial charge in [0.15, 0.2) is 11.5 Å². The molecule has 0 saturated heterocycles. The molecule has 0 fully saturated rings. The summed E-state index contributed by atoms with van der Waals surface area (Å²) in [6, 6.07) is 9.95. The highest BCUT2D eigenvalue weighted by molar-refractivity contribution is 6.31. The number of phenolic OH excluding ortho intramolecular Hbond substituents is 1. The van der Waals surface area contributed by atoms with Gasteiger partial charge in [-0.2, -0.15) is 5.10 Å². The van der Waals surface area contributed by atoms with Crippen molar-refractivity contribution in [1.29, 1.82) is 0 Å². The Labute approximate surface area is 156 Å². The number of aromatic hydroxyl groups is 1. The first-order chi connectivity index (χ1) is 12.4. The summed E-state index contributed by atoms with van der Waals surface area (Å²) < 4.78 is 10.6. The largest absolute Gasteiger partial charge is 0.507 e. The fourth-order valence-corrected chi connectivity index (χ4v) is 3.19. The van der Waals surface area contributed by atoms with Gasteiger partial charge in [0.05, 0.1) is 26.0 Å². The average Bonchev–Trinajstić information content (AvgIpc) is 3.08. The molecule has 26 heavy (non-hydrogen) atoms. The van der Waals surface area contributed by atoms with Crippen molar-refractivity contribution in [3.05, 3.63) is 52.5 Å². The number of nitrogens with zero attached hydrogens (tertiary/aromatic N) is 2. The van der Waals surface area contributed by atoms with Gasteiger partial charge in [0.2, 0.25) is 5.91 Å². The number of amides is 1. The molecule has 0 saturated carbocycles. The van der Waals surface area contributed by atoms with Crippen molar-refractivity contribution in [2.75, 3.05) is 14.2 Å². The second-order valence-corrected chi connectivity index (χ2v) is 6.34. The van der Waals surface area contributed by atoms with Crippen LogP contribution in [0.3, 0.4) is 0 Å². The lowest BCUT2D eigenvalue weighted by molar-refractivity contribution is -0.130. The van der Waals surface area contributed by atoms with Crippen LogP contribution >= 0.6 is 11.6 Å². The van der Waals surface area contributed by atoms with E-state index in [4.69, 9.17) is 21.1 Å². The second kappa shape index (κ2) is 7.25. The molecule has 1 aliphatic heterocycles. The van der Waals surface area contributed by atoms with Crippen LogP contribution in [0.5, 0.6) is 17.2 Å². The van der Waals surface area contributed by atoms with Gasteiger partial charge in [-0.15, -0.1) is 0 Å². The first kappa shape index (κ1) is 18.1. The molecule has 0 bridgehead atoms. The molecule has 1 N–H and O–H groups in total. The molecule has 136 valence electrons. The molecule has 0 aromatic heterocycles. The van der Waals surface area contributed by atoms with Gasteiger partial charge in [0.25, 0.3) is 0 Å². The van der Waals surface area contributed by atoms with Crippen molar-refractivity contribution in [3.8, 4) is 17.2 Å². The topological polar surface area (TPSA) is 71.4 Å². The number of methoxy groups -OCH3 is 2. The van der Waals surface area contributed by atoms with E-state index in [-0.39, 0.29) is 17.7 Å². The summed E-state index contributed by atoms with van der Waals surface area (Å²) >= 11 is 6.04. The van der Waals surface area contributed by atoms with Crippen LogP contribution in [-0.2, 0) is 4.79 Å². The molecular weight excluding hydrogens is 356 g/mol. The molecule has 2 aromatic rings. The maximum Gasteiger partial charge on any atom is 0.240 e. The van der Waals surface area contributed by atoms with Crippen molar-refractivity contribution in [3.63, 3.8) is 0 Å². The Balaban J connectivity index is 1.99. The van der Waals surface area contributed by atoms with Gasteiger partial charge in [-0.25, -0.2) is 5.01 Å². The summed E-state index contributed by atoms with van der Waals surface area (Å²) in [6.45, 7) is 1.46. The van der Waals surface area contributed by atoms with Crippen LogP contribution in [0.25, 0.3) is 0 Å². The lowest BCUT2D eigenvalue weighted by Gasteiger charge is -2.21. The zero-order chi connectivity index (χ0) is 18.8. The van der Waals surface area contributed by atoms with Gasteiger partial charge in [-0.05, 0) is 35.9 Å². The van der Waals surface area contributed by atoms with Crippen LogP contribution in [0.15, 0.2) is 41.5 Å². The van der Waals surface area contributed by atoms with E-state index in [1.54, 1.807) is 32.4 Å². The standard InChI is InChI=1S/C19H19ClN2O4/c1-11(23)22-16(12-4-7-18(25-2)19(8-12)26-3)10-15(21-22)14-9-13(20)5-6-17(14)24/h4-9,16,24H,10H2,1-3H3/t16-/m1/s1. The van der Waals surface area contributed by atoms with Crippen molar-refractivity contribution >= 4 is 23.2 Å². The summed E-state index contributed by atoms with van der Waals surface area (Å²) in [5, 5.41) is 16.5. The van der Waals surface area contributed by atoms with Gasteiger partial charge >= 0.3 is 0 Å². The third kappa shape index (κ3) is 3.32. The Bertz CT molecular complexity index is 882. The van der Waals surface area contributed by atoms with Crippen molar-refractivity contribution < 1.29 is 19.4 Å². The van der Waals surface area contributed by atoms with E-state index in [1.807, 2.05) is 12.1 Å². The average molecular weight is 375 g/mol. The van der Waals surface area contributed by atoms with E-state index in [1.165, 1.54) is 18.0 Å². The predicted molar refractivity (Wildman–Crippen MR) is 99.1 cm³/mol. The van der Waals surface area contributed by atoms with Gasteiger partial charge in [-0.1, -0.05) is 17.7 Å². The fraction of sp³-hybridized carbons (Fsp3) is 0.263. The van der Waals surface area contributed by atoms with Crippen molar-refractivity contribution in [2.24, 2.45) is 5.10 Å². The number of halogens is 1. The van der Waals surface area contributed by atoms with Gasteiger partial charge in [0, 0.05) is 23.9 Å². The summed E-state index contributed by atoms with van der Waals surface area (Å²) in [7, 11) is 3.13. The SMILES string of the molecule is COc1ccc([C@H]2CC(c3cc(Cl)ccc3O)=NN2C(C)=O)cc1OC. The summed E-state index contributed by atoms with van der Waals surface area (Å²) in [5.74, 6) is 1.07. The van der Waals surface area contributed by atoms with Gasteiger partial charge < -0.3 is 14.6 Å². The Morgan fingerprint density at radius 1 is 1.19 bits per heavy atom. The normalized spacial score (nSPS) is 16.4. The zero-order valence-corrected chi connectivity index (χ0v) is 15.4. The molecule has 1 atom stereocenters. The lowest BCUT2D eigenvalue weighted by atomic mass is 9.97. The monoisotopic (exact) mass is 374 g/mol. The fourth-order valence-electron chi connectivity index (χ4n) is 3.02. The third-order valence-corrected chi connectivity index (χ3v) is 4.53. The molecule has 2 aromatic carbocycles. The van der Waals surface area contributed by atoms with E-state index in [2.05, 4.69) is 5.10 Å². The van der Waals surface area contributed by atoms with Crippen LogP contribution in [0.2, 0.25) is 5.02 Å². The van der Waals surface area contributed by atoms with Crippen LogP contribution in [0, 0.1) is 0 Å². The minimum absolute atomic E-state index is 0.0737. The predicted octanol–water partition coefficient (Wildman–Crippen LogP) is 3.76. The molecular formula is C19H19ClN2O4. The maximum atomic E-state index is 12.1. The quantitative estimate of drug-likeness (QED) is 0.884. The van der Waals surface area contributed by atoms with Crippen LogP contribution in [0.4, 0.5) is 0 Å². The smallest absolute Gasteiger partial charge is 0.240 e. The van der Waals surface area contributed by atoms with Gasteiger partial charge in [-0.3, -0.25) is 4.79 Å². The number of phenols is 1. The summed E-state index contributed by atoms with van der Waals surface area (Å²) in [4.78, 5) is 12.1. The molecule has 0 unspecified atom stereocenters. The molecule has 1 aliphatic rings. The summed E-state index contributed by atoms with van der Waals surface area (Å²) in [5.41, 5.74) is 1.98. The van der Waals surface area contributed by atoms with E-state index < -0.39 is 0 Å². The minimum atomic E-state index is -0.305. The lowest BCUT2D eigenvalue weighted by Crippen LogP contribution is -2.24. The highest BCUT2D eigenvalue weighted by atomic mass is 35.5. The number of benzene rings is 2. The number of hydrogen-bond donors (Lipinski definition) is 1. The number of carbonyl (C=O) groups is 1. The molecule has 0 spiro atoms. The van der Waals surface area contributed by atoms with E-state index >= 15 is 0 Å². The first-order valence-electron chi connectivity index (χ1n) is 8.02. The minimum Gasteiger partial charge on any atom is -0.507 e. The van der Waals surface area contributed by atoms with Crippen LogP contribution in [-0.4, -0.2) is 36.0 Å². The van der Waals surface area contributed by atoms with Crippen LogP contribution < -0.4 is 9.47 Å². The maximum absolute atomic E-state index is 12.1. The molecule has 1 amide bonds. The molecule has 7 heteroatoms. The van der Waals surface area contributed by atoms with E-state index in [0.29, 0.717) is 34.2 Å². The van der Waals surface area contributed by atoms with Crippen molar-refractivity contribution in [2.45, 2.75) is 19.4 Å². The number of hydrogen-bond acceptors (Lipinski definition) is 5. The Hall–Kier alpha value is -2.73. The highest BCUT2D eigenvalue weighted by Crippen LogP contribution is 2.38. The first-order valence-corrected chi connectivity index (χ1v) is 8.40. The number of carbonyl (C=O) groups excluding carboxylic acids is 1. The van der Waals surface area contributed by atoms with Gasteiger partial charge in [0.1, 0.15) is 5.75 Å². The van der Waals surface area contributed by atoms with E-state index in [9.17, 15) is 9.90 Å².